The quantitative estimate of drug-likeness (QED) is 0.906. The first-order chi connectivity index (χ1) is 7.60. The normalized spacial score (nSPS) is 24.4. The lowest BCUT2D eigenvalue weighted by Crippen LogP contribution is -2.39. The molecular weight excluding hydrogens is 270 g/mol. The largest absolute Gasteiger partial charge is 0.365 e. The molecule has 1 aromatic carbocycles. The fraction of sp³-hybridized carbons (Fsp3) is 0.417. The van der Waals surface area contributed by atoms with Gasteiger partial charge in [-0.15, -0.1) is 0 Å². The Morgan fingerprint density at radius 1 is 1.56 bits per heavy atom. The maximum absolute atomic E-state index is 12.0. The number of carbonyl (C=O) groups excluding carboxylic acids is 1. The van der Waals surface area contributed by atoms with Crippen LogP contribution in [0, 0.1) is 0 Å². The number of benzene rings is 1. The summed E-state index contributed by atoms with van der Waals surface area (Å²) in [4.78, 5) is 12.0. The van der Waals surface area contributed by atoms with Crippen molar-refractivity contribution in [3.8, 4) is 0 Å². The van der Waals surface area contributed by atoms with Crippen molar-refractivity contribution in [1.82, 2.24) is 0 Å². The van der Waals surface area contributed by atoms with Crippen LogP contribution < -0.4 is 5.32 Å². The molecule has 0 aromatic heterocycles. The summed E-state index contributed by atoms with van der Waals surface area (Å²) in [6.07, 6.45) is 1.73. The third-order valence-corrected chi connectivity index (χ3v) is 3.27. The number of ether oxygens (including phenoxy) is 1. The first-order valence-corrected chi connectivity index (χ1v) is 6.10. The zero-order chi connectivity index (χ0) is 11.6. The molecule has 1 aromatic rings. The summed E-state index contributed by atoms with van der Waals surface area (Å²) in [7, 11) is 0. The summed E-state index contributed by atoms with van der Waals surface area (Å²) in [5.74, 6) is -0.0666. The van der Waals surface area contributed by atoms with Gasteiger partial charge in [0.2, 0.25) is 0 Å². The second-order valence-electron chi connectivity index (χ2n) is 4.15. The SMILES string of the molecule is CC1(C(=O)Nc2cccc(Br)c2)CCCO1. The Hall–Kier alpha value is -0.870. The van der Waals surface area contributed by atoms with Crippen molar-refractivity contribution in [1.29, 1.82) is 0 Å². The van der Waals surface area contributed by atoms with Crippen molar-refractivity contribution < 1.29 is 9.53 Å². The fourth-order valence-corrected chi connectivity index (χ4v) is 2.19. The maximum atomic E-state index is 12.0. The van der Waals surface area contributed by atoms with Gasteiger partial charge in [0.1, 0.15) is 5.60 Å². The highest BCUT2D eigenvalue weighted by atomic mass is 79.9. The van der Waals surface area contributed by atoms with Crippen LogP contribution in [0.5, 0.6) is 0 Å². The second-order valence-corrected chi connectivity index (χ2v) is 5.06. The van der Waals surface area contributed by atoms with Gasteiger partial charge in [-0.25, -0.2) is 0 Å². The predicted octanol–water partition coefficient (Wildman–Crippen LogP) is 2.96. The van der Waals surface area contributed by atoms with E-state index in [1.807, 2.05) is 31.2 Å². The molecule has 1 saturated heterocycles. The number of amides is 1. The van der Waals surface area contributed by atoms with E-state index in [9.17, 15) is 4.79 Å². The van der Waals surface area contributed by atoms with Crippen LogP contribution in [0.2, 0.25) is 0 Å². The first-order valence-electron chi connectivity index (χ1n) is 5.31. The van der Waals surface area contributed by atoms with Crippen LogP contribution in [0.4, 0.5) is 5.69 Å². The standard InChI is InChI=1S/C12H14BrNO2/c1-12(6-3-7-16-12)11(15)14-10-5-2-4-9(13)8-10/h2,4-5,8H,3,6-7H2,1H3,(H,14,15). The van der Waals surface area contributed by atoms with Crippen LogP contribution >= 0.6 is 15.9 Å². The van der Waals surface area contributed by atoms with Gasteiger partial charge in [-0.05, 0) is 38.0 Å². The average Bonchev–Trinajstić information content (AvgIpc) is 2.66. The lowest BCUT2D eigenvalue weighted by atomic mass is 10.0. The van der Waals surface area contributed by atoms with Crippen LogP contribution in [0.1, 0.15) is 19.8 Å². The average molecular weight is 284 g/mol. The number of anilines is 1. The van der Waals surface area contributed by atoms with Gasteiger partial charge >= 0.3 is 0 Å². The molecule has 1 amide bonds. The van der Waals surface area contributed by atoms with Crippen molar-refractivity contribution in [2.75, 3.05) is 11.9 Å². The van der Waals surface area contributed by atoms with Crippen LogP contribution in [-0.2, 0) is 9.53 Å². The number of halogens is 1. The summed E-state index contributed by atoms with van der Waals surface area (Å²) in [5.41, 5.74) is 0.124. The monoisotopic (exact) mass is 283 g/mol. The van der Waals surface area contributed by atoms with Gasteiger partial charge in [0.05, 0.1) is 0 Å². The molecule has 0 bridgehead atoms. The van der Waals surface area contributed by atoms with Crippen molar-refractivity contribution in [2.45, 2.75) is 25.4 Å². The molecule has 16 heavy (non-hydrogen) atoms. The summed E-state index contributed by atoms with van der Waals surface area (Å²) < 4.78 is 6.43. The van der Waals surface area contributed by atoms with E-state index in [1.165, 1.54) is 0 Å². The number of hydrogen-bond donors (Lipinski definition) is 1. The Bertz CT molecular complexity index is 400. The number of rotatable bonds is 2. The number of nitrogens with one attached hydrogen (secondary N) is 1. The minimum atomic E-state index is -0.664. The summed E-state index contributed by atoms with van der Waals surface area (Å²) in [6.45, 7) is 2.51. The fourth-order valence-electron chi connectivity index (χ4n) is 1.79. The predicted molar refractivity (Wildman–Crippen MR) is 66.4 cm³/mol. The van der Waals surface area contributed by atoms with Crippen LogP contribution in [0.15, 0.2) is 28.7 Å². The van der Waals surface area contributed by atoms with Gasteiger partial charge in [0, 0.05) is 16.8 Å². The molecule has 86 valence electrons. The van der Waals surface area contributed by atoms with E-state index < -0.39 is 5.60 Å². The van der Waals surface area contributed by atoms with E-state index >= 15 is 0 Å². The molecule has 1 fully saturated rings. The van der Waals surface area contributed by atoms with E-state index in [4.69, 9.17) is 4.74 Å². The molecule has 2 rings (SSSR count). The second kappa shape index (κ2) is 4.55. The summed E-state index contributed by atoms with van der Waals surface area (Å²) >= 11 is 3.37. The third-order valence-electron chi connectivity index (χ3n) is 2.78. The Balaban J connectivity index is 2.07. The van der Waals surface area contributed by atoms with E-state index in [0.717, 1.165) is 23.0 Å². The zero-order valence-electron chi connectivity index (χ0n) is 9.13. The maximum Gasteiger partial charge on any atom is 0.256 e. The molecule has 4 heteroatoms. The minimum Gasteiger partial charge on any atom is -0.365 e. The molecule has 0 aliphatic carbocycles. The highest BCUT2D eigenvalue weighted by Crippen LogP contribution is 2.27. The molecule has 0 saturated carbocycles. The van der Waals surface area contributed by atoms with Crippen molar-refractivity contribution in [3.05, 3.63) is 28.7 Å². The minimum absolute atomic E-state index is 0.0666. The van der Waals surface area contributed by atoms with Crippen LogP contribution in [0.25, 0.3) is 0 Å². The highest BCUT2D eigenvalue weighted by molar-refractivity contribution is 9.10. The molecule has 1 N–H and O–H groups in total. The Kier molecular flexibility index (Phi) is 3.30. The van der Waals surface area contributed by atoms with Crippen LogP contribution in [0.3, 0.4) is 0 Å². The van der Waals surface area contributed by atoms with Gasteiger partial charge < -0.3 is 10.1 Å². The molecule has 1 aliphatic rings. The molecule has 0 radical (unpaired) electrons. The Morgan fingerprint density at radius 2 is 2.38 bits per heavy atom. The number of carbonyl (C=O) groups is 1. The molecule has 0 spiro atoms. The molecule has 1 aliphatic heterocycles. The zero-order valence-corrected chi connectivity index (χ0v) is 10.7. The highest BCUT2D eigenvalue weighted by Gasteiger charge is 2.37. The van der Waals surface area contributed by atoms with E-state index in [2.05, 4.69) is 21.2 Å². The number of hydrogen-bond acceptors (Lipinski definition) is 2. The molecule has 1 atom stereocenters. The van der Waals surface area contributed by atoms with E-state index in [0.29, 0.717) is 6.61 Å². The van der Waals surface area contributed by atoms with Crippen molar-refractivity contribution >= 4 is 27.5 Å². The smallest absolute Gasteiger partial charge is 0.256 e. The topological polar surface area (TPSA) is 38.3 Å². The van der Waals surface area contributed by atoms with Gasteiger partial charge in [-0.1, -0.05) is 22.0 Å². The lowest BCUT2D eigenvalue weighted by Gasteiger charge is -2.21. The first kappa shape index (κ1) is 11.6. The lowest BCUT2D eigenvalue weighted by molar-refractivity contribution is -0.133. The summed E-state index contributed by atoms with van der Waals surface area (Å²) in [6, 6.07) is 7.54. The molecule has 3 nitrogen and oxygen atoms in total. The van der Waals surface area contributed by atoms with Crippen molar-refractivity contribution in [3.63, 3.8) is 0 Å². The molecular formula is C12H14BrNO2. The van der Waals surface area contributed by atoms with Crippen LogP contribution in [-0.4, -0.2) is 18.1 Å². The molecule has 1 heterocycles. The van der Waals surface area contributed by atoms with Gasteiger partial charge in [-0.3, -0.25) is 4.79 Å². The van der Waals surface area contributed by atoms with Gasteiger partial charge in [-0.2, -0.15) is 0 Å². The Labute approximate surface area is 103 Å². The summed E-state index contributed by atoms with van der Waals surface area (Å²) in [5, 5.41) is 2.87. The van der Waals surface area contributed by atoms with Gasteiger partial charge in [0.25, 0.3) is 5.91 Å². The van der Waals surface area contributed by atoms with E-state index in [1.54, 1.807) is 0 Å². The van der Waals surface area contributed by atoms with E-state index in [-0.39, 0.29) is 5.91 Å². The van der Waals surface area contributed by atoms with Gasteiger partial charge in [0.15, 0.2) is 0 Å². The third kappa shape index (κ3) is 2.44. The van der Waals surface area contributed by atoms with Crippen molar-refractivity contribution in [2.24, 2.45) is 0 Å². The Morgan fingerprint density at radius 3 is 3.00 bits per heavy atom. The molecule has 1 unspecified atom stereocenters.